The lowest BCUT2D eigenvalue weighted by Gasteiger charge is -2.34. The van der Waals surface area contributed by atoms with Crippen LogP contribution in [0.5, 0.6) is 0 Å². The molecule has 2 aromatic rings. The first-order chi connectivity index (χ1) is 12.5. The van der Waals surface area contributed by atoms with E-state index in [2.05, 4.69) is 10.1 Å². The van der Waals surface area contributed by atoms with Crippen molar-refractivity contribution in [2.75, 3.05) is 26.2 Å². The van der Waals surface area contributed by atoms with Gasteiger partial charge in [0.25, 0.3) is 0 Å². The van der Waals surface area contributed by atoms with Crippen LogP contribution in [0.1, 0.15) is 23.7 Å². The minimum Gasteiger partial charge on any atom is -0.340 e. The summed E-state index contributed by atoms with van der Waals surface area (Å²) in [7, 11) is 0. The summed E-state index contributed by atoms with van der Waals surface area (Å²) in [4.78, 5) is 32.3. The molecule has 1 aromatic carbocycles. The third kappa shape index (κ3) is 4.82. The van der Waals surface area contributed by atoms with Gasteiger partial charge in [-0.3, -0.25) is 9.59 Å². The molecule has 1 aliphatic heterocycles. The molecule has 8 heteroatoms. The highest BCUT2D eigenvalue weighted by Gasteiger charge is 2.24. The van der Waals surface area contributed by atoms with Gasteiger partial charge in [0, 0.05) is 44.5 Å². The Labute approximate surface area is 156 Å². The van der Waals surface area contributed by atoms with Crippen molar-refractivity contribution in [1.82, 2.24) is 19.9 Å². The molecule has 0 bridgehead atoms. The lowest BCUT2D eigenvalue weighted by atomic mass is 10.1. The molecule has 7 nitrogen and oxygen atoms in total. The number of halogens is 1. The maximum Gasteiger partial charge on any atom is 0.230 e. The fourth-order valence-electron chi connectivity index (χ4n) is 2.93. The molecular weight excluding hydrogens is 356 g/mol. The van der Waals surface area contributed by atoms with Crippen LogP contribution >= 0.6 is 11.6 Å². The smallest absolute Gasteiger partial charge is 0.230 e. The van der Waals surface area contributed by atoms with Gasteiger partial charge in [0.15, 0.2) is 5.82 Å². The van der Waals surface area contributed by atoms with E-state index in [4.69, 9.17) is 16.1 Å². The van der Waals surface area contributed by atoms with E-state index in [-0.39, 0.29) is 18.2 Å². The van der Waals surface area contributed by atoms with Crippen LogP contribution in [0.3, 0.4) is 0 Å². The lowest BCUT2D eigenvalue weighted by molar-refractivity contribution is -0.139. The van der Waals surface area contributed by atoms with Gasteiger partial charge in [-0.15, -0.1) is 0 Å². The van der Waals surface area contributed by atoms with Crippen LogP contribution in [-0.4, -0.2) is 57.9 Å². The van der Waals surface area contributed by atoms with Crippen LogP contribution in [0.2, 0.25) is 5.02 Å². The average molecular weight is 377 g/mol. The molecule has 2 heterocycles. The van der Waals surface area contributed by atoms with Crippen molar-refractivity contribution in [1.29, 1.82) is 0 Å². The maximum absolute atomic E-state index is 12.4. The highest BCUT2D eigenvalue weighted by molar-refractivity contribution is 6.30. The summed E-state index contributed by atoms with van der Waals surface area (Å²) in [6, 6.07) is 7.53. The largest absolute Gasteiger partial charge is 0.340 e. The number of aromatic nitrogens is 2. The summed E-state index contributed by atoms with van der Waals surface area (Å²) in [6.45, 7) is 3.85. The van der Waals surface area contributed by atoms with Crippen molar-refractivity contribution >= 4 is 23.4 Å². The second-order valence-electron chi connectivity index (χ2n) is 6.29. The Morgan fingerprint density at radius 2 is 1.69 bits per heavy atom. The van der Waals surface area contributed by atoms with E-state index in [0.717, 1.165) is 5.56 Å². The van der Waals surface area contributed by atoms with Crippen LogP contribution in [0.4, 0.5) is 0 Å². The molecule has 1 aromatic heterocycles. The van der Waals surface area contributed by atoms with Gasteiger partial charge < -0.3 is 14.3 Å². The average Bonchev–Trinajstić information content (AvgIpc) is 3.06. The molecule has 0 radical (unpaired) electrons. The van der Waals surface area contributed by atoms with Crippen molar-refractivity contribution < 1.29 is 14.1 Å². The van der Waals surface area contributed by atoms with Gasteiger partial charge in [0.2, 0.25) is 17.7 Å². The topological polar surface area (TPSA) is 79.5 Å². The molecule has 1 fully saturated rings. The number of carbonyl (C=O) groups excluding carboxylic acids is 2. The highest BCUT2D eigenvalue weighted by Crippen LogP contribution is 2.12. The molecule has 0 N–H and O–H groups in total. The number of hydrogen-bond donors (Lipinski definition) is 0. The Morgan fingerprint density at radius 3 is 2.27 bits per heavy atom. The number of piperazine rings is 1. The van der Waals surface area contributed by atoms with Crippen LogP contribution < -0.4 is 0 Å². The Hall–Kier alpha value is -2.41. The molecule has 138 valence electrons. The van der Waals surface area contributed by atoms with Gasteiger partial charge in [0.1, 0.15) is 0 Å². The Bertz CT molecular complexity index is 767. The van der Waals surface area contributed by atoms with Crippen molar-refractivity contribution in [3.63, 3.8) is 0 Å². The minimum absolute atomic E-state index is 0.0425. The zero-order valence-electron chi connectivity index (χ0n) is 14.7. The third-order valence-electron chi connectivity index (χ3n) is 4.40. The highest BCUT2D eigenvalue weighted by atomic mass is 35.5. The van der Waals surface area contributed by atoms with E-state index in [0.29, 0.717) is 55.8 Å². The monoisotopic (exact) mass is 376 g/mol. The van der Waals surface area contributed by atoms with Gasteiger partial charge in [0.05, 0.1) is 6.42 Å². The second kappa shape index (κ2) is 8.31. The molecule has 1 aliphatic rings. The van der Waals surface area contributed by atoms with Gasteiger partial charge >= 0.3 is 0 Å². The van der Waals surface area contributed by atoms with Gasteiger partial charge in [-0.1, -0.05) is 28.9 Å². The molecule has 26 heavy (non-hydrogen) atoms. The Morgan fingerprint density at radius 1 is 1.08 bits per heavy atom. The molecule has 2 amide bonds. The van der Waals surface area contributed by atoms with Gasteiger partial charge in [-0.25, -0.2) is 0 Å². The second-order valence-corrected chi connectivity index (χ2v) is 6.73. The van der Waals surface area contributed by atoms with E-state index in [1.807, 2.05) is 29.2 Å². The SMILES string of the molecule is Cc1nc(CC(=O)N2CCN(C(=O)CCc3ccc(Cl)cc3)CC2)no1. The number of aryl methyl sites for hydroxylation is 2. The fraction of sp³-hybridized carbons (Fsp3) is 0.444. The molecule has 0 atom stereocenters. The van der Waals surface area contributed by atoms with Crippen LogP contribution in [-0.2, 0) is 22.4 Å². The number of hydrogen-bond acceptors (Lipinski definition) is 5. The van der Waals surface area contributed by atoms with E-state index in [1.165, 1.54) is 0 Å². The maximum atomic E-state index is 12.4. The van der Waals surface area contributed by atoms with Crippen molar-refractivity contribution in [2.24, 2.45) is 0 Å². The number of carbonyl (C=O) groups is 2. The molecule has 0 aliphatic carbocycles. The first kappa shape index (κ1) is 18.4. The summed E-state index contributed by atoms with van der Waals surface area (Å²) in [5, 5.41) is 4.44. The van der Waals surface area contributed by atoms with Crippen LogP contribution in [0.25, 0.3) is 0 Å². The first-order valence-electron chi connectivity index (χ1n) is 8.60. The minimum atomic E-state index is -0.0425. The van der Waals surface area contributed by atoms with E-state index in [1.54, 1.807) is 11.8 Å². The predicted molar refractivity (Wildman–Crippen MR) is 95.7 cm³/mol. The van der Waals surface area contributed by atoms with Gasteiger partial charge in [-0.2, -0.15) is 4.98 Å². The summed E-state index contributed by atoms with van der Waals surface area (Å²) >= 11 is 5.87. The molecular formula is C18H21ClN4O3. The molecule has 1 saturated heterocycles. The zero-order chi connectivity index (χ0) is 18.5. The molecule has 0 unspecified atom stereocenters. The number of nitrogens with zero attached hydrogens (tertiary/aromatic N) is 4. The zero-order valence-corrected chi connectivity index (χ0v) is 15.4. The molecule has 0 spiro atoms. The number of amides is 2. The predicted octanol–water partition coefficient (Wildman–Crippen LogP) is 1.88. The van der Waals surface area contributed by atoms with Crippen molar-refractivity contribution in [3.05, 3.63) is 46.6 Å². The van der Waals surface area contributed by atoms with E-state index >= 15 is 0 Å². The Kier molecular flexibility index (Phi) is 5.88. The summed E-state index contributed by atoms with van der Waals surface area (Å²) in [5.41, 5.74) is 1.09. The Balaban J connectivity index is 1.43. The van der Waals surface area contributed by atoms with E-state index in [9.17, 15) is 9.59 Å². The number of rotatable bonds is 5. The summed E-state index contributed by atoms with van der Waals surface area (Å²) < 4.78 is 4.88. The van der Waals surface area contributed by atoms with Crippen LogP contribution in [0, 0.1) is 6.92 Å². The standard InChI is InChI=1S/C18H21ClN4O3/c1-13-20-16(21-26-13)12-18(25)23-10-8-22(9-11-23)17(24)7-4-14-2-5-15(19)6-3-14/h2-3,5-6H,4,7-12H2,1H3. The normalized spacial score (nSPS) is 14.5. The first-order valence-corrected chi connectivity index (χ1v) is 8.98. The summed E-state index contributed by atoms with van der Waals surface area (Å²) in [6.07, 6.45) is 1.27. The number of benzene rings is 1. The molecule has 3 rings (SSSR count). The summed E-state index contributed by atoms with van der Waals surface area (Å²) in [5.74, 6) is 0.915. The van der Waals surface area contributed by atoms with Crippen molar-refractivity contribution in [3.8, 4) is 0 Å². The van der Waals surface area contributed by atoms with Crippen LogP contribution in [0.15, 0.2) is 28.8 Å². The molecule has 0 saturated carbocycles. The quantitative estimate of drug-likeness (QED) is 0.796. The fourth-order valence-corrected chi connectivity index (χ4v) is 3.05. The van der Waals surface area contributed by atoms with E-state index < -0.39 is 0 Å². The van der Waals surface area contributed by atoms with Crippen molar-refractivity contribution in [2.45, 2.75) is 26.2 Å². The van der Waals surface area contributed by atoms with Gasteiger partial charge in [-0.05, 0) is 24.1 Å². The lowest BCUT2D eigenvalue weighted by Crippen LogP contribution is -2.51. The third-order valence-corrected chi connectivity index (χ3v) is 4.66.